The van der Waals surface area contributed by atoms with Crippen molar-refractivity contribution < 1.29 is 9.53 Å². The van der Waals surface area contributed by atoms with Crippen LogP contribution in [0, 0.1) is 5.92 Å². The van der Waals surface area contributed by atoms with Gasteiger partial charge in [-0.1, -0.05) is 20.3 Å². The summed E-state index contributed by atoms with van der Waals surface area (Å²) in [6.07, 6.45) is 4.42. The monoisotopic (exact) mass is 227 g/mol. The Labute approximate surface area is 99.1 Å². The van der Waals surface area contributed by atoms with Crippen molar-refractivity contribution in [1.29, 1.82) is 0 Å². The molecule has 0 amide bonds. The zero-order valence-corrected chi connectivity index (χ0v) is 10.9. The van der Waals surface area contributed by atoms with E-state index in [9.17, 15) is 4.79 Å². The van der Waals surface area contributed by atoms with Gasteiger partial charge in [-0.3, -0.25) is 9.69 Å². The van der Waals surface area contributed by atoms with Crippen LogP contribution in [-0.2, 0) is 9.53 Å². The lowest BCUT2D eigenvalue weighted by atomic mass is 9.96. The van der Waals surface area contributed by atoms with Crippen LogP contribution in [0.2, 0.25) is 0 Å². The molecule has 0 aliphatic carbocycles. The summed E-state index contributed by atoms with van der Waals surface area (Å²) in [4.78, 5) is 14.0. The van der Waals surface area contributed by atoms with Gasteiger partial charge in [-0.2, -0.15) is 0 Å². The fourth-order valence-corrected chi connectivity index (χ4v) is 2.43. The fourth-order valence-electron chi connectivity index (χ4n) is 2.43. The Bertz CT molecular complexity index is 210. The lowest BCUT2D eigenvalue weighted by molar-refractivity contribution is -0.145. The maximum atomic E-state index is 11.6. The van der Waals surface area contributed by atoms with Gasteiger partial charge in [0.1, 0.15) is 0 Å². The van der Waals surface area contributed by atoms with Crippen LogP contribution in [0.5, 0.6) is 0 Å². The molecule has 0 spiro atoms. The zero-order valence-electron chi connectivity index (χ0n) is 10.9. The van der Waals surface area contributed by atoms with Gasteiger partial charge in [-0.25, -0.2) is 0 Å². The summed E-state index contributed by atoms with van der Waals surface area (Å²) in [5, 5.41) is 0. The van der Waals surface area contributed by atoms with Gasteiger partial charge in [0.05, 0.1) is 13.0 Å². The van der Waals surface area contributed by atoms with Crippen LogP contribution in [0.25, 0.3) is 0 Å². The second-order valence-corrected chi connectivity index (χ2v) is 4.92. The highest BCUT2D eigenvalue weighted by Gasteiger charge is 2.26. The average molecular weight is 227 g/mol. The van der Waals surface area contributed by atoms with Crippen LogP contribution >= 0.6 is 0 Å². The molecule has 1 atom stereocenters. The largest absolute Gasteiger partial charge is 0.466 e. The first-order chi connectivity index (χ1) is 7.65. The van der Waals surface area contributed by atoms with E-state index in [4.69, 9.17) is 4.74 Å². The van der Waals surface area contributed by atoms with Crippen molar-refractivity contribution in [2.24, 2.45) is 5.92 Å². The van der Waals surface area contributed by atoms with Crippen molar-refractivity contribution in [2.75, 3.05) is 19.7 Å². The lowest BCUT2D eigenvalue weighted by Gasteiger charge is -2.36. The van der Waals surface area contributed by atoms with Crippen LogP contribution in [0.4, 0.5) is 0 Å². The van der Waals surface area contributed by atoms with Gasteiger partial charge in [0.15, 0.2) is 0 Å². The second kappa shape index (κ2) is 6.89. The van der Waals surface area contributed by atoms with Crippen molar-refractivity contribution in [1.82, 2.24) is 4.90 Å². The normalized spacial score (nSPS) is 19.8. The molecule has 94 valence electrons. The standard InChI is InChI=1S/C13H25NO2/c1-4-16-13(15)10-12(11(2)3)14-8-6-5-7-9-14/h11-12H,4-10H2,1-3H3. The van der Waals surface area contributed by atoms with E-state index in [2.05, 4.69) is 18.7 Å². The second-order valence-electron chi connectivity index (χ2n) is 4.92. The molecule has 3 heteroatoms. The number of hydrogen-bond donors (Lipinski definition) is 0. The molecule has 0 bridgehead atoms. The molecule has 1 unspecified atom stereocenters. The quantitative estimate of drug-likeness (QED) is 0.676. The summed E-state index contributed by atoms with van der Waals surface area (Å²) in [5.74, 6) is 0.467. The van der Waals surface area contributed by atoms with Gasteiger partial charge in [-0.15, -0.1) is 0 Å². The van der Waals surface area contributed by atoms with Gasteiger partial charge >= 0.3 is 5.97 Å². The molecule has 1 aliphatic rings. The number of likely N-dealkylation sites (tertiary alicyclic amines) is 1. The number of hydrogen-bond acceptors (Lipinski definition) is 3. The highest BCUT2D eigenvalue weighted by atomic mass is 16.5. The first kappa shape index (κ1) is 13.5. The molecule has 0 radical (unpaired) electrons. The van der Waals surface area contributed by atoms with Crippen molar-refractivity contribution in [3.63, 3.8) is 0 Å². The highest BCUT2D eigenvalue weighted by Crippen LogP contribution is 2.20. The van der Waals surface area contributed by atoms with Crippen LogP contribution < -0.4 is 0 Å². The Kier molecular flexibility index (Phi) is 5.81. The van der Waals surface area contributed by atoms with Crippen LogP contribution in [0.15, 0.2) is 0 Å². The van der Waals surface area contributed by atoms with E-state index in [1.54, 1.807) is 0 Å². The summed E-state index contributed by atoms with van der Waals surface area (Å²) in [5.41, 5.74) is 0. The minimum Gasteiger partial charge on any atom is -0.466 e. The summed E-state index contributed by atoms with van der Waals surface area (Å²) < 4.78 is 5.05. The summed E-state index contributed by atoms with van der Waals surface area (Å²) in [7, 11) is 0. The van der Waals surface area contributed by atoms with Crippen LogP contribution in [0.3, 0.4) is 0 Å². The molecule has 0 aromatic carbocycles. The Balaban J connectivity index is 2.48. The van der Waals surface area contributed by atoms with E-state index in [1.165, 1.54) is 19.3 Å². The molecule has 16 heavy (non-hydrogen) atoms. The number of carbonyl (C=O) groups excluding carboxylic acids is 1. The molecular weight excluding hydrogens is 202 g/mol. The minimum absolute atomic E-state index is 0.0493. The molecule has 3 nitrogen and oxygen atoms in total. The number of carbonyl (C=O) groups is 1. The molecule has 1 fully saturated rings. The zero-order chi connectivity index (χ0) is 12.0. The lowest BCUT2D eigenvalue weighted by Crippen LogP contribution is -2.43. The van der Waals surface area contributed by atoms with E-state index < -0.39 is 0 Å². The number of ether oxygens (including phenoxy) is 1. The molecule has 1 heterocycles. The average Bonchev–Trinajstić information content (AvgIpc) is 2.27. The minimum atomic E-state index is -0.0493. The number of rotatable bonds is 5. The Morgan fingerprint density at radius 1 is 1.25 bits per heavy atom. The first-order valence-corrected chi connectivity index (χ1v) is 6.54. The molecule has 0 aromatic heterocycles. The fraction of sp³-hybridized carbons (Fsp3) is 0.923. The molecule has 1 saturated heterocycles. The molecule has 0 saturated carbocycles. The van der Waals surface area contributed by atoms with E-state index in [0.717, 1.165) is 13.1 Å². The molecular formula is C13H25NO2. The topological polar surface area (TPSA) is 29.5 Å². The van der Waals surface area contributed by atoms with Gasteiger partial charge in [0.25, 0.3) is 0 Å². The van der Waals surface area contributed by atoms with Gasteiger partial charge in [-0.05, 0) is 38.8 Å². The molecule has 1 rings (SSSR count). The number of piperidine rings is 1. The van der Waals surface area contributed by atoms with Gasteiger partial charge < -0.3 is 4.74 Å². The van der Waals surface area contributed by atoms with Crippen LogP contribution in [-0.4, -0.2) is 36.6 Å². The number of nitrogens with zero attached hydrogens (tertiary/aromatic N) is 1. The predicted molar refractivity (Wildman–Crippen MR) is 65.3 cm³/mol. The van der Waals surface area contributed by atoms with Crippen molar-refractivity contribution >= 4 is 5.97 Å². The Hall–Kier alpha value is -0.570. The van der Waals surface area contributed by atoms with Crippen molar-refractivity contribution in [2.45, 2.75) is 52.5 Å². The first-order valence-electron chi connectivity index (χ1n) is 6.54. The maximum Gasteiger partial charge on any atom is 0.307 e. The Morgan fingerprint density at radius 2 is 1.88 bits per heavy atom. The highest BCUT2D eigenvalue weighted by molar-refractivity contribution is 5.70. The maximum absolute atomic E-state index is 11.6. The van der Waals surface area contributed by atoms with E-state index in [-0.39, 0.29) is 5.97 Å². The predicted octanol–water partition coefficient (Wildman–Crippen LogP) is 2.45. The van der Waals surface area contributed by atoms with E-state index in [0.29, 0.717) is 25.0 Å². The number of esters is 1. The molecule has 1 aliphatic heterocycles. The molecule has 0 aromatic rings. The van der Waals surface area contributed by atoms with Gasteiger partial charge in [0, 0.05) is 6.04 Å². The van der Waals surface area contributed by atoms with E-state index in [1.807, 2.05) is 6.92 Å². The Morgan fingerprint density at radius 3 is 2.38 bits per heavy atom. The SMILES string of the molecule is CCOC(=O)CC(C(C)C)N1CCCCC1. The van der Waals surface area contributed by atoms with Gasteiger partial charge in [0.2, 0.25) is 0 Å². The third-order valence-corrected chi connectivity index (χ3v) is 3.31. The van der Waals surface area contributed by atoms with Crippen molar-refractivity contribution in [3.05, 3.63) is 0 Å². The van der Waals surface area contributed by atoms with Crippen LogP contribution in [0.1, 0.15) is 46.5 Å². The smallest absolute Gasteiger partial charge is 0.307 e. The third kappa shape index (κ3) is 4.12. The summed E-state index contributed by atoms with van der Waals surface area (Å²) >= 11 is 0. The van der Waals surface area contributed by atoms with Crippen molar-refractivity contribution in [3.8, 4) is 0 Å². The molecule has 0 N–H and O–H groups in total. The summed E-state index contributed by atoms with van der Waals surface area (Å²) in [6, 6.07) is 0.361. The van der Waals surface area contributed by atoms with E-state index >= 15 is 0 Å². The third-order valence-electron chi connectivity index (χ3n) is 3.31. The summed E-state index contributed by atoms with van der Waals surface area (Å²) in [6.45, 7) is 9.02.